The summed E-state index contributed by atoms with van der Waals surface area (Å²) in [7, 11) is 2.10. The van der Waals surface area contributed by atoms with E-state index in [2.05, 4.69) is 32.9 Å². The number of hydrogen-bond donors (Lipinski definition) is 1. The van der Waals surface area contributed by atoms with Crippen LogP contribution in [0.4, 0.5) is 0 Å². The molecule has 4 nitrogen and oxygen atoms in total. The van der Waals surface area contributed by atoms with Gasteiger partial charge in [0.25, 0.3) is 0 Å². The van der Waals surface area contributed by atoms with Gasteiger partial charge in [-0.15, -0.1) is 11.3 Å². The Morgan fingerprint density at radius 1 is 1.75 bits per heavy atom. The number of likely N-dealkylation sites (N-methyl/N-ethyl adjacent to an activating group) is 1. The van der Waals surface area contributed by atoms with E-state index in [1.807, 2.05) is 0 Å². The summed E-state index contributed by atoms with van der Waals surface area (Å²) in [4.78, 5) is 18.2. The summed E-state index contributed by atoms with van der Waals surface area (Å²) in [6, 6.07) is 0. The van der Waals surface area contributed by atoms with Crippen LogP contribution in [0.1, 0.15) is 22.2 Å². The highest BCUT2D eigenvalue weighted by atomic mass is 79.9. The number of likely N-dealkylation sites (tertiary alicyclic amines) is 1. The Kier molecular flexibility index (Phi) is 3.61. The number of nitrogens with zero attached hydrogens (tertiary/aromatic N) is 2. The summed E-state index contributed by atoms with van der Waals surface area (Å²) >= 11 is 4.85. The Hall–Kier alpha value is -0.460. The number of thiazole rings is 1. The van der Waals surface area contributed by atoms with Crippen LogP contribution in [0, 0.1) is 0 Å². The van der Waals surface area contributed by atoms with Crippen LogP contribution in [0.25, 0.3) is 0 Å². The molecule has 1 fully saturated rings. The zero-order valence-corrected chi connectivity index (χ0v) is 11.3. The standard InChI is InChI=1S/C10H13BrN2O2S/c1-13-3-2-6(5-13)10-12-9(11)7(16-10)4-8(14)15/h6H,2-5H2,1H3,(H,14,15). The molecule has 1 aromatic rings. The number of rotatable bonds is 3. The minimum absolute atomic E-state index is 0.0564. The first-order valence-corrected chi connectivity index (χ1v) is 6.72. The van der Waals surface area contributed by atoms with Crippen molar-refractivity contribution in [2.24, 2.45) is 0 Å². The third-order valence-corrected chi connectivity index (χ3v) is 4.85. The van der Waals surface area contributed by atoms with Gasteiger partial charge in [0.05, 0.1) is 16.3 Å². The van der Waals surface area contributed by atoms with Crippen LogP contribution in [0.2, 0.25) is 0 Å². The topological polar surface area (TPSA) is 53.4 Å². The van der Waals surface area contributed by atoms with Crippen molar-refractivity contribution in [2.45, 2.75) is 18.8 Å². The Balaban J connectivity index is 2.14. The van der Waals surface area contributed by atoms with Crippen LogP contribution in [0.15, 0.2) is 4.60 Å². The molecule has 88 valence electrons. The van der Waals surface area contributed by atoms with E-state index in [-0.39, 0.29) is 6.42 Å². The minimum Gasteiger partial charge on any atom is -0.481 e. The molecular weight excluding hydrogens is 292 g/mol. The van der Waals surface area contributed by atoms with Crippen LogP contribution >= 0.6 is 27.3 Å². The van der Waals surface area contributed by atoms with Gasteiger partial charge in [-0.2, -0.15) is 0 Å². The molecule has 1 unspecified atom stereocenters. The average molecular weight is 305 g/mol. The van der Waals surface area contributed by atoms with Crippen LogP contribution in [-0.2, 0) is 11.2 Å². The Morgan fingerprint density at radius 3 is 3.06 bits per heavy atom. The summed E-state index contributed by atoms with van der Waals surface area (Å²) in [6.45, 7) is 2.11. The molecule has 16 heavy (non-hydrogen) atoms. The molecule has 1 aromatic heterocycles. The minimum atomic E-state index is -0.806. The average Bonchev–Trinajstić information content (AvgIpc) is 2.74. The lowest BCUT2D eigenvalue weighted by Gasteiger charge is -2.06. The molecule has 1 aliphatic rings. The first-order valence-electron chi connectivity index (χ1n) is 5.11. The number of carboxylic acids is 1. The van der Waals surface area contributed by atoms with Gasteiger partial charge in [0.15, 0.2) is 0 Å². The maximum Gasteiger partial charge on any atom is 0.308 e. The third kappa shape index (κ3) is 2.61. The molecule has 0 amide bonds. The first-order chi connectivity index (χ1) is 7.56. The second-order valence-corrected chi connectivity index (χ2v) is 5.95. The predicted molar refractivity (Wildman–Crippen MR) is 66.0 cm³/mol. The van der Waals surface area contributed by atoms with Gasteiger partial charge in [-0.05, 0) is 35.9 Å². The van der Waals surface area contributed by atoms with E-state index in [4.69, 9.17) is 5.11 Å². The second kappa shape index (κ2) is 4.81. The Morgan fingerprint density at radius 2 is 2.50 bits per heavy atom. The molecule has 1 aliphatic heterocycles. The van der Waals surface area contributed by atoms with Crippen LogP contribution in [0.3, 0.4) is 0 Å². The van der Waals surface area contributed by atoms with Crippen LogP contribution in [0.5, 0.6) is 0 Å². The number of carboxylic acid groups (broad SMARTS) is 1. The van der Waals surface area contributed by atoms with Gasteiger partial charge in [-0.25, -0.2) is 4.98 Å². The highest BCUT2D eigenvalue weighted by Crippen LogP contribution is 2.33. The summed E-state index contributed by atoms with van der Waals surface area (Å²) in [5.41, 5.74) is 0. The number of halogens is 1. The maximum atomic E-state index is 10.7. The van der Waals surface area contributed by atoms with E-state index in [9.17, 15) is 4.79 Å². The molecule has 0 bridgehead atoms. The lowest BCUT2D eigenvalue weighted by Crippen LogP contribution is -2.13. The number of hydrogen-bond acceptors (Lipinski definition) is 4. The fourth-order valence-corrected chi connectivity index (χ4v) is 3.67. The largest absolute Gasteiger partial charge is 0.481 e. The number of aliphatic carboxylic acids is 1. The fourth-order valence-electron chi connectivity index (χ4n) is 1.91. The highest BCUT2D eigenvalue weighted by Gasteiger charge is 2.25. The van der Waals surface area contributed by atoms with Crippen LogP contribution < -0.4 is 0 Å². The van der Waals surface area contributed by atoms with Gasteiger partial charge in [0, 0.05) is 12.5 Å². The molecular formula is C10H13BrN2O2S. The molecule has 1 saturated heterocycles. The van der Waals surface area contributed by atoms with Crippen molar-refractivity contribution >= 4 is 33.2 Å². The van der Waals surface area contributed by atoms with Gasteiger partial charge in [-0.3, -0.25) is 4.79 Å². The Labute approximate surface area is 106 Å². The van der Waals surface area contributed by atoms with Gasteiger partial charge in [0.1, 0.15) is 4.60 Å². The summed E-state index contributed by atoms with van der Waals surface area (Å²) < 4.78 is 0.699. The van der Waals surface area contributed by atoms with Crippen molar-refractivity contribution in [3.63, 3.8) is 0 Å². The SMILES string of the molecule is CN1CCC(c2nc(Br)c(CC(=O)O)s2)C1. The molecule has 0 saturated carbocycles. The van der Waals surface area contributed by atoms with E-state index >= 15 is 0 Å². The lowest BCUT2D eigenvalue weighted by molar-refractivity contribution is -0.136. The van der Waals surface area contributed by atoms with E-state index in [0.717, 1.165) is 29.4 Å². The molecule has 0 spiro atoms. The second-order valence-electron chi connectivity index (χ2n) is 4.08. The molecule has 0 aromatic carbocycles. The van der Waals surface area contributed by atoms with Crippen molar-refractivity contribution in [1.82, 2.24) is 9.88 Å². The van der Waals surface area contributed by atoms with Gasteiger partial charge in [-0.1, -0.05) is 0 Å². The summed E-state index contributed by atoms with van der Waals surface area (Å²) in [6.07, 6.45) is 1.17. The molecule has 1 atom stereocenters. The third-order valence-electron chi connectivity index (χ3n) is 2.72. The van der Waals surface area contributed by atoms with Crippen molar-refractivity contribution < 1.29 is 9.90 Å². The van der Waals surface area contributed by atoms with E-state index in [1.54, 1.807) is 0 Å². The molecule has 2 heterocycles. The molecule has 0 radical (unpaired) electrons. The monoisotopic (exact) mass is 304 g/mol. The zero-order valence-electron chi connectivity index (χ0n) is 8.94. The van der Waals surface area contributed by atoms with Gasteiger partial charge < -0.3 is 10.0 Å². The molecule has 6 heteroatoms. The van der Waals surface area contributed by atoms with Gasteiger partial charge >= 0.3 is 5.97 Å². The maximum absolute atomic E-state index is 10.7. The van der Waals surface area contributed by atoms with E-state index < -0.39 is 5.97 Å². The molecule has 0 aliphatic carbocycles. The molecule has 2 rings (SSSR count). The van der Waals surface area contributed by atoms with Crippen LogP contribution in [-0.4, -0.2) is 41.1 Å². The smallest absolute Gasteiger partial charge is 0.308 e. The van der Waals surface area contributed by atoms with Crippen molar-refractivity contribution in [2.75, 3.05) is 20.1 Å². The summed E-state index contributed by atoms with van der Waals surface area (Å²) in [5, 5.41) is 9.82. The normalized spacial score (nSPS) is 21.5. The van der Waals surface area contributed by atoms with Crippen molar-refractivity contribution in [1.29, 1.82) is 0 Å². The van der Waals surface area contributed by atoms with Crippen molar-refractivity contribution in [3.05, 3.63) is 14.5 Å². The first kappa shape index (κ1) is 12.0. The fraction of sp³-hybridized carbons (Fsp3) is 0.600. The Bertz CT molecular complexity index is 408. The van der Waals surface area contributed by atoms with E-state index in [0.29, 0.717) is 10.5 Å². The predicted octanol–water partition coefficient (Wildman–Crippen LogP) is 1.95. The van der Waals surface area contributed by atoms with Gasteiger partial charge in [0.2, 0.25) is 0 Å². The number of carbonyl (C=O) groups is 1. The number of aromatic nitrogens is 1. The quantitative estimate of drug-likeness (QED) is 0.927. The zero-order chi connectivity index (χ0) is 11.7. The summed E-state index contributed by atoms with van der Waals surface area (Å²) in [5.74, 6) is -0.340. The molecule has 1 N–H and O–H groups in total. The highest BCUT2D eigenvalue weighted by molar-refractivity contribution is 9.10. The lowest BCUT2D eigenvalue weighted by atomic mass is 10.1. The van der Waals surface area contributed by atoms with E-state index in [1.165, 1.54) is 11.3 Å². The van der Waals surface area contributed by atoms with Crippen molar-refractivity contribution in [3.8, 4) is 0 Å².